The molecule has 0 aromatic heterocycles. The lowest BCUT2D eigenvalue weighted by Gasteiger charge is -2.29. The Kier molecular flexibility index (Phi) is 4.65. The Balaban J connectivity index is 1.35. The van der Waals surface area contributed by atoms with Crippen LogP contribution in [-0.2, 0) is 6.42 Å². The van der Waals surface area contributed by atoms with Crippen LogP contribution in [0.4, 0.5) is 5.69 Å². The topological polar surface area (TPSA) is 23.6 Å². The van der Waals surface area contributed by atoms with Gasteiger partial charge in [0, 0.05) is 49.2 Å². The molecule has 27 heavy (non-hydrogen) atoms. The first kappa shape index (κ1) is 17.2. The summed E-state index contributed by atoms with van der Waals surface area (Å²) in [5.41, 5.74) is 3.46. The molecule has 3 nitrogen and oxygen atoms in total. The molecule has 142 valence electrons. The van der Waals surface area contributed by atoms with Crippen LogP contribution in [0, 0.1) is 5.92 Å². The first-order chi connectivity index (χ1) is 13.3. The summed E-state index contributed by atoms with van der Waals surface area (Å²) >= 11 is 0. The Morgan fingerprint density at radius 1 is 0.889 bits per heavy atom. The summed E-state index contributed by atoms with van der Waals surface area (Å²) in [5.74, 6) is 1.20. The molecule has 0 amide bonds. The maximum absolute atomic E-state index is 12.3. The van der Waals surface area contributed by atoms with Gasteiger partial charge in [0.1, 0.15) is 0 Å². The standard InChI is InChI=1S/C24H30N2O/c27-23-16-19-10-11-22(20-8-4-9-21(23)24(19)20)26-13-5-12-25(14-15-26)17-18-6-2-1-3-7-18/h4,8-11,18H,1-3,5-7,12-17H2. The molecule has 2 aliphatic carbocycles. The average Bonchev–Trinajstić information content (AvgIpc) is 2.88. The van der Waals surface area contributed by atoms with Gasteiger partial charge in [-0.25, -0.2) is 0 Å². The van der Waals surface area contributed by atoms with Crippen LogP contribution in [0.15, 0.2) is 30.3 Å². The number of ketones is 1. The third kappa shape index (κ3) is 3.27. The lowest BCUT2D eigenvalue weighted by atomic mass is 9.89. The van der Waals surface area contributed by atoms with Crippen LogP contribution in [0.5, 0.6) is 0 Å². The van der Waals surface area contributed by atoms with Crippen LogP contribution in [-0.4, -0.2) is 43.4 Å². The summed E-state index contributed by atoms with van der Waals surface area (Å²) in [6.45, 7) is 5.91. The zero-order valence-electron chi connectivity index (χ0n) is 16.3. The smallest absolute Gasteiger partial charge is 0.167 e. The first-order valence-electron chi connectivity index (χ1n) is 10.8. The minimum absolute atomic E-state index is 0.280. The van der Waals surface area contributed by atoms with Gasteiger partial charge in [0.25, 0.3) is 0 Å². The molecule has 5 rings (SSSR count). The predicted molar refractivity (Wildman–Crippen MR) is 112 cm³/mol. The van der Waals surface area contributed by atoms with Gasteiger partial charge in [-0.05, 0) is 48.7 Å². The van der Waals surface area contributed by atoms with E-state index in [4.69, 9.17) is 0 Å². The SMILES string of the molecule is O=C1Cc2ccc(N3CCCN(CC4CCCCC4)CC3)c3cccc1c23. The molecule has 2 aromatic carbocycles. The van der Waals surface area contributed by atoms with Gasteiger partial charge >= 0.3 is 0 Å². The highest BCUT2D eigenvalue weighted by molar-refractivity contribution is 6.17. The van der Waals surface area contributed by atoms with Crippen LogP contribution >= 0.6 is 0 Å². The molecular weight excluding hydrogens is 332 g/mol. The third-order valence-electron chi connectivity index (χ3n) is 6.93. The van der Waals surface area contributed by atoms with Gasteiger partial charge in [-0.3, -0.25) is 4.79 Å². The fraction of sp³-hybridized carbons (Fsp3) is 0.542. The van der Waals surface area contributed by atoms with Crippen molar-refractivity contribution >= 4 is 22.2 Å². The highest BCUT2D eigenvalue weighted by Gasteiger charge is 2.25. The summed E-state index contributed by atoms with van der Waals surface area (Å²) in [7, 11) is 0. The Labute approximate surface area is 162 Å². The van der Waals surface area contributed by atoms with Crippen molar-refractivity contribution < 1.29 is 4.79 Å². The van der Waals surface area contributed by atoms with Gasteiger partial charge in [-0.2, -0.15) is 0 Å². The molecule has 0 N–H and O–H groups in total. The van der Waals surface area contributed by atoms with Gasteiger partial charge in [0.2, 0.25) is 0 Å². The van der Waals surface area contributed by atoms with E-state index in [0.717, 1.165) is 24.6 Å². The van der Waals surface area contributed by atoms with Crippen LogP contribution in [0.25, 0.3) is 10.8 Å². The van der Waals surface area contributed by atoms with E-state index in [1.54, 1.807) is 0 Å². The van der Waals surface area contributed by atoms with Crippen molar-refractivity contribution in [1.82, 2.24) is 4.90 Å². The van der Waals surface area contributed by atoms with Gasteiger partial charge in [0.05, 0.1) is 0 Å². The monoisotopic (exact) mass is 362 g/mol. The number of Topliss-reactive ketones (excluding diaryl/α,β-unsaturated/α-hetero) is 1. The number of anilines is 1. The predicted octanol–water partition coefficient (Wildman–Crippen LogP) is 4.67. The summed E-state index contributed by atoms with van der Waals surface area (Å²) < 4.78 is 0. The number of nitrogens with zero attached hydrogens (tertiary/aromatic N) is 2. The Morgan fingerprint density at radius 2 is 1.78 bits per heavy atom. The molecule has 0 atom stereocenters. The Hall–Kier alpha value is -1.87. The maximum Gasteiger partial charge on any atom is 0.167 e. The molecule has 1 saturated heterocycles. The van der Waals surface area contributed by atoms with Crippen molar-refractivity contribution in [3.05, 3.63) is 41.5 Å². The molecule has 0 spiro atoms. The average molecular weight is 363 g/mol. The summed E-state index contributed by atoms with van der Waals surface area (Å²) in [6.07, 6.45) is 8.98. The number of carbonyl (C=O) groups excluding carboxylic acids is 1. The molecule has 0 bridgehead atoms. The van der Waals surface area contributed by atoms with Crippen LogP contribution in [0.3, 0.4) is 0 Å². The van der Waals surface area contributed by atoms with Gasteiger partial charge in [-0.15, -0.1) is 0 Å². The molecule has 2 fully saturated rings. The molecule has 0 radical (unpaired) electrons. The highest BCUT2D eigenvalue weighted by atomic mass is 16.1. The van der Waals surface area contributed by atoms with Gasteiger partial charge in [0.15, 0.2) is 5.78 Å². The van der Waals surface area contributed by atoms with E-state index in [2.05, 4.69) is 34.1 Å². The fourth-order valence-corrected chi connectivity index (χ4v) is 5.52. The van der Waals surface area contributed by atoms with Crippen molar-refractivity contribution in [2.75, 3.05) is 37.6 Å². The number of carbonyl (C=O) groups is 1. The zero-order chi connectivity index (χ0) is 18.2. The molecule has 3 aliphatic rings. The number of hydrogen-bond donors (Lipinski definition) is 0. The quantitative estimate of drug-likeness (QED) is 0.793. The first-order valence-corrected chi connectivity index (χ1v) is 10.8. The van der Waals surface area contributed by atoms with E-state index in [9.17, 15) is 4.79 Å². The number of benzene rings is 2. The normalized spacial score (nSPS) is 21.8. The van der Waals surface area contributed by atoms with Crippen LogP contribution < -0.4 is 4.90 Å². The lowest BCUT2D eigenvalue weighted by molar-refractivity contribution is 0.1000. The number of hydrogen-bond acceptors (Lipinski definition) is 3. The summed E-state index contributed by atoms with van der Waals surface area (Å²) in [6, 6.07) is 10.7. The molecule has 1 saturated carbocycles. The second-order valence-electron chi connectivity index (χ2n) is 8.72. The van der Waals surface area contributed by atoms with Crippen molar-refractivity contribution in [3.8, 4) is 0 Å². The van der Waals surface area contributed by atoms with Crippen molar-refractivity contribution in [1.29, 1.82) is 0 Å². The number of rotatable bonds is 3. The fourth-order valence-electron chi connectivity index (χ4n) is 5.52. The van der Waals surface area contributed by atoms with E-state index < -0.39 is 0 Å². The van der Waals surface area contributed by atoms with Crippen LogP contribution in [0.2, 0.25) is 0 Å². The molecule has 3 heteroatoms. The van der Waals surface area contributed by atoms with Crippen molar-refractivity contribution in [2.45, 2.75) is 44.9 Å². The van der Waals surface area contributed by atoms with E-state index in [1.807, 2.05) is 6.07 Å². The second kappa shape index (κ2) is 7.27. The lowest BCUT2D eigenvalue weighted by Crippen LogP contribution is -2.34. The molecular formula is C24H30N2O. The minimum Gasteiger partial charge on any atom is -0.370 e. The minimum atomic E-state index is 0.280. The molecule has 1 heterocycles. The zero-order valence-corrected chi connectivity index (χ0v) is 16.3. The molecule has 0 unspecified atom stereocenters. The Bertz CT molecular complexity index is 853. The van der Waals surface area contributed by atoms with E-state index in [0.29, 0.717) is 6.42 Å². The molecule has 1 aliphatic heterocycles. The van der Waals surface area contributed by atoms with Gasteiger partial charge < -0.3 is 9.80 Å². The molecule has 2 aromatic rings. The van der Waals surface area contributed by atoms with Crippen molar-refractivity contribution in [2.24, 2.45) is 5.92 Å². The second-order valence-corrected chi connectivity index (χ2v) is 8.72. The highest BCUT2D eigenvalue weighted by Crippen LogP contribution is 2.37. The van der Waals surface area contributed by atoms with Gasteiger partial charge in [-0.1, -0.05) is 43.5 Å². The van der Waals surface area contributed by atoms with E-state index in [1.165, 1.54) is 80.2 Å². The van der Waals surface area contributed by atoms with E-state index in [-0.39, 0.29) is 5.78 Å². The van der Waals surface area contributed by atoms with Crippen LogP contribution in [0.1, 0.15) is 54.4 Å². The van der Waals surface area contributed by atoms with E-state index >= 15 is 0 Å². The third-order valence-corrected chi connectivity index (χ3v) is 6.93. The largest absolute Gasteiger partial charge is 0.370 e. The van der Waals surface area contributed by atoms with Crippen molar-refractivity contribution in [3.63, 3.8) is 0 Å². The maximum atomic E-state index is 12.3. The Morgan fingerprint density at radius 3 is 2.67 bits per heavy atom. The summed E-state index contributed by atoms with van der Waals surface area (Å²) in [4.78, 5) is 17.6. The summed E-state index contributed by atoms with van der Waals surface area (Å²) in [5, 5.41) is 2.49.